The number of thioether (sulfide) groups is 1. The number of primary amides is 1. The van der Waals surface area contributed by atoms with Gasteiger partial charge in [-0.25, -0.2) is 4.79 Å². The number of benzene rings is 1. The summed E-state index contributed by atoms with van der Waals surface area (Å²) in [5.41, 5.74) is 7.18. The molecule has 0 saturated heterocycles. The number of hydrogen-bond donors (Lipinski definition) is 2. The van der Waals surface area contributed by atoms with Crippen molar-refractivity contribution >= 4 is 46.0 Å². The highest BCUT2D eigenvalue weighted by Crippen LogP contribution is 2.37. The van der Waals surface area contributed by atoms with Gasteiger partial charge in [0.15, 0.2) is 0 Å². The maximum Gasteiger partial charge on any atom is 0.409 e. The van der Waals surface area contributed by atoms with Crippen molar-refractivity contribution in [3.05, 3.63) is 45.8 Å². The fourth-order valence-corrected chi connectivity index (χ4v) is 4.63. The highest BCUT2D eigenvalue weighted by Gasteiger charge is 2.29. The fourth-order valence-electron chi connectivity index (χ4n) is 2.95. The van der Waals surface area contributed by atoms with Gasteiger partial charge in [-0.15, -0.1) is 23.1 Å². The third kappa shape index (κ3) is 3.93. The molecule has 9 heteroatoms. The van der Waals surface area contributed by atoms with E-state index in [9.17, 15) is 14.4 Å². The summed E-state index contributed by atoms with van der Waals surface area (Å²) < 4.78 is 4.76. The number of methoxy groups -OCH3 is 1. The molecule has 0 aliphatic carbocycles. The molecule has 27 heavy (non-hydrogen) atoms. The molecule has 7 nitrogen and oxygen atoms in total. The zero-order valence-electron chi connectivity index (χ0n) is 14.9. The Labute approximate surface area is 164 Å². The Morgan fingerprint density at radius 2 is 1.96 bits per heavy atom. The van der Waals surface area contributed by atoms with Crippen LogP contribution < -0.4 is 11.1 Å². The molecule has 0 saturated carbocycles. The quantitative estimate of drug-likeness (QED) is 0.762. The van der Waals surface area contributed by atoms with Crippen molar-refractivity contribution in [1.29, 1.82) is 0 Å². The SMILES string of the molecule is COC(=O)N1CCc2c(sc(NC(=O)c3ccc(SC)cc3)c2C(N)=O)C1. The number of ether oxygens (including phenoxy) is 1. The van der Waals surface area contributed by atoms with Crippen LogP contribution in [0.15, 0.2) is 29.2 Å². The number of thiophene rings is 1. The number of nitrogens with two attached hydrogens (primary N) is 1. The topological polar surface area (TPSA) is 102 Å². The lowest BCUT2D eigenvalue weighted by Gasteiger charge is -2.25. The molecular formula is C18H19N3O4S2. The second-order valence-corrected chi connectivity index (χ2v) is 7.88. The molecule has 0 bridgehead atoms. The van der Waals surface area contributed by atoms with Crippen LogP contribution in [0.25, 0.3) is 0 Å². The number of amides is 3. The van der Waals surface area contributed by atoms with E-state index >= 15 is 0 Å². The predicted molar refractivity (Wildman–Crippen MR) is 106 cm³/mol. The average Bonchev–Trinajstić information content (AvgIpc) is 3.04. The number of carbonyl (C=O) groups excluding carboxylic acids is 3. The molecule has 2 heterocycles. The van der Waals surface area contributed by atoms with E-state index in [2.05, 4.69) is 5.32 Å². The van der Waals surface area contributed by atoms with Gasteiger partial charge in [-0.3, -0.25) is 9.59 Å². The van der Waals surface area contributed by atoms with E-state index in [1.54, 1.807) is 28.8 Å². The number of nitrogens with zero attached hydrogens (tertiary/aromatic N) is 1. The lowest BCUT2D eigenvalue weighted by molar-refractivity contribution is 0.0999. The zero-order chi connectivity index (χ0) is 19.6. The predicted octanol–water partition coefficient (Wildman–Crippen LogP) is 2.95. The van der Waals surface area contributed by atoms with Gasteiger partial charge in [0.05, 0.1) is 19.2 Å². The van der Waals surface area contributed by atoms with Gasteiger partial charge in [0.2, 0.25) is 0 Å². The van der Waals surface area contributed by atoms with Gasteiger partial charge in [0.1, 0.15) is 5.00 Å². The Bertz CT molecular complexity index is 893. The molecule has 0 radical (unpaired) electrons. The first-order valence-electron chi connectivity index (χ1n) is 8.17. The minimum atomic E-state index is -0.591. The Morgan fingerprint density at radius 1 is 1.26 bits per heavy atom. The van der Waals surface area contributed by atoms with Crippen molar-refractivity contribution in [1.82, 2.24) is 4.90 Å². The van der Waals surface area contributed by atoms with Crippen LogP contribution in [-0.4, -0.2) is 42.7 Å². The van der Waals surface area contributed by atoms with Gasteiger partial charge in [0.25, 0.3) is 11.8 Å². The van der Waals surface area contributed by atoms with Crippen LogP contribution in [-0.2, 0) is 17.7 Å². The second-order valence-electron chi connectivity index (χ2n) is 5.90. The van der Waals surface area contributed by atoms with Crippen LogP contribution in [0.3, 0.4) is 0 Å². The van der Waals surface area contributed by atoms with Crippen LogP contribution >= 0.6 is 23.1 Å². The van der Waals surface area contributed by atoms with Gasteiger partial charge in [-0.05, 0) is 42.5 Å². The summed E-state index contributed by atoms with van der Waals surface area (Å²) in [5, 5.41) is 3.21. The molecule has 0 atom stereocenters. The van der Waals surface area contributed by atoms with Gasteiger partial charge >= 0.3 is 6.09 Å². The molecule has 142 valence electrons. The first-order chi connectivity index (χ1) is 12.9. The molecule has 1 aliphatic heterocycles. The van der Waals surface area contributed by atoms with Crippen molar-refractivity contribution < 1.29 is 19.1 Å². The van der Waals surface area contributed by atoms with Crippen LogP contribution in [0.2, 0.25) is 0 Å². The van der Waals surface area contributed by atoms with Crippen molar-refractivity contribution in [3.8, 4) is 0 Å². The summed E-state index contributed by atoms with van der Waals surface area (Å²) in [7, 11) is 1.33. The number of carbonyl (C=O) groups is 3. The minimum Gasteiger partial charge on any atom is -0.453 e. The van der Waals surface area contributed by atoms with Gasteiger partial charge in [-0.2, -0.15) is 0 Å². The van der Waals surface area contributed by atoms with Crippen molar-refractivity contribution in [3.63, 3.8) is 0 Å². The third-order valence-electron chi connectivity index (χ3n) is 4.32. The maximum atomic E-state index is 12.6. The van der Waals surface area contributed by atoms with E-state index in [4.69, 9.17) is 10.5 Å². The van der Waals surface area contributed by atoms with Gasteiger partial charge in [-0.1, -0.05) is 0 Å². The number of anilines is 1. The number of nitrogens with one attached hydrogen (secondary N) is 1. The largest absolute Gasteiger partial charge is 0.453 e. The Hall–Kier alpha value is -2.52. The Kier molecular flexibility index (Phi) is 5.71. The Balaban J connectivity index is 1.87. The first-order valence-corrected chi connectivity index (χ1v) is 10.2. The average molecular weight is 406 g/mol. The van der Waals surface area contributed by atoms with Crippen LogP contribution in [0, 0.1) is 0 Å². The molecule has 0 unspecified atom stereocenters. The Morgan fingerprint density at radius 3 is 2.56 bits per heavy atom. The highest BCUT2D eigenvalue weighted by atomic mass is 32.2. The molecule has 3 N–H and O–H groups in total. The standard InChI is InChI=1S/C18H19N3O4S2/c1-25-18(24)21-8-7-12-13(9-21)27-17(14(12)15(19)22)20-16(23)10-3-5-11(26-2)6-4-10/h3-6H,7-9H2,1-2H3,(H2,19,22)(H,20,23). The van der Waals surface area contributed by atoms with Crippen LogP contribution in [0.1, 0.15) is 31.2 Å². The molecule has 2 aromatic rings. The molecule has 0 spiro atoms. The lowest BCUT2D eigenvalue weighted by atomic mass is 10.0. The molecule has 1 aliphatic rings. The second kappa shape index (κ2) is 8.01. The highest BCUT2D eigenvalue weighted by molar-refractivity contribution is 7.98. The van der Waals surface area contributed by atoms with Gasteiger partial charge < -0.3 is 20.7 Å². The molecule has 3 amide bonds. The minimum absolute atomic E-state index is 0.312. The van der Waals surface area contributed by atoms with E-state index in [1.807, 2.05) is 18.4 Å². The lowest BCUT2D eigenvalue weighted by Crippen LogP contribution is -2.35. The summed E-state index contributed by atoms with van der Waals surface area (Å²) >= 11 is 2.86. The first kappa shape index (κ1) is 19.2. The van der Waals surface area contributed by atoms with E-state index < -0.39 is 12.0 Å². The number of fused-ring (bicyclic) bond motifs is 1. The molecule has 1 aromatic heterocycles. The van der Waals surface area contributed by atoms with Crippen LogP contribution in [0.4, 0.5) is 9.80 Å². The van der Waals surface area contributed by atoms with Crippen molar-refractivity contribution in [2.45, 2.75) is 17.9 Å². The monoisotopic (exact) mass is 405 g/mol. The molecular weight excluding hydrogens is 386 g/mol. The van der Waals surface area contributed by atoms with E-state index in [0.29, 0.717) is 35.6 Å². The smallest absolute Gasteiger partial charge is 0.409 e. The molecule has 0 fully saturated rings. The molecule has 1 aromatic carbocycles. The van der Waals surface area contributed by atoms with Crippen molar-refractivity contribution in [2.75, 3.05) is 25.2 Å². The molecule has 3 rings (SSSR count). The van der Waals surface area contributed by atoms with Gasteiger partial charge in [0, 0.05) is 21.9 Å². The van der Waals surface area contributed by atoms with Crippen LogP contribution in [0.5, 0.6) is 0 Å². The summed E-state index contributed by atoms with van der Waals surface area (Å²) in [6.45, 7) is 0.755. The summed E-state index contributed by atoms with van der Waals surface area (Å²) in [4.78, 5) is 39.8. The number of rotatable bonds is 4. The van der Waals surface area contributed by atoms with Crippen molar-refractivity contribution in [2.24, 2.45) is 5.73 Å². The van der Waals surface area contributed by atoms with E-state index in [-0.39, 0.29) is 5.91 Å². The fraction of sp³-hybridized carbons (Fsp3) is 0.278. The zero-order valence-corrected chi connectivity index (χ0v) is 16.5. The summed E-state index contributed by atoms with van der Waals surface area (Å²) in [5.74, 6) is -0.902. The van der Waals surface area contributed by atoms with E-state index in [0.717, 1.165) is 15.3 Å². The number of hydrogen-bond acceptors (Lipinski definition) is 6. The summed E-state index contributed by atoms with van der Waals surface area (Å²) in [6.07, 6.45) is 2.02. The summed E-state index contributed by atoms with van der Waals surface area (Å²) in [6, 6.07) is 7.19. The maximum absolute atomic E-state index is 12.6. The normalized spacial score (nSPS) is 13.0. The van der Waals surface area contributed by atoms with E-state index in [1.165, 1.54) is 18.4 Å². The third-order valence-corrected chi connectivity index (χ3v) is 6.19.